The third-order valence-electron chi connectivity index (χ3n) is 5.69. The van der Waals surface area contributed by atoms with E-state index < -0.39 is 96.7 Å². The molecule has 0 spiro atoms. The number of non-ortho nitro benzene ring substituents is 1. The number of anilines is 1. The molecular formula is C19H26N2O14. The van der Waals surface area contributed by atoms with Crippen LogP contribution in [0.15, 0.2) is 18.2 Å². The lowest BCUT2D eigenvalue weighted by Crippen LogP contribution is -2.65. The Hall–Kier alpha value is -2.51. The monoisotopic (exact) mass is 506 g/mol. The predicted molar refractivity (Wildman–Crippen MR) is 110 cm³/mol. The van der Waals surface area contributed by atoms with Crippen molar-refractivity contribution in [3.63, 3.8) is 0 Å². The first-order chi connectivity index (χ1) is 16.5. The Bertz CT molecular complexity index is 881. The number of nitrogens with one attached hydrogen (secondary N) is 1. The van der Waals surface area contributed by atoms with E-state index in [1.165, 1.54) is 0 Å². The molecule has 196 valence electrons. The first-order valence-electron chi connectivity index (χ1n) is 10.4. The number of benzene rings is 1. The van der Waals surface area contributed by atoms with E-state index in [4.69, 9.17) is 14.2 Å². The van der Waals surface area contributed by atoms with Crippen LogP contribution in [0.25, 0.3) is 0 Å². The number of carboxylic acids is 1. The zero-order valence-electron chi connectivity index (χ0n) is 17.9. The zero-order chi connectivity index (χ0) is 26.0. The molecule has 2 aliphatic heterocycles. The Balaban J connectivity index is 1.78. The smallest absolute Gasteiger partial charge is 0.336 e. The van der Waals surface area contributed by atoms with E-state index in [1.54, 1.807) is 0 Å². The molecule has 2 saturated heterocycles. The molecule has 2 fully saturated rings. The number of carbonyl (C=O) groups is 1. The van der Waals surface area contributed by atoms with Crippen molar-refractivity contribution in [1.82, 2.24) is 0 Å². The van der Waals surface area contributed by atoms with Gasteiger partial charge in [-0.2, -0.15) is 0 Å². The van der Waals surface area contributed by atoms with Gasteiger partial charge in [-0.15, -0.1) is 0 Å². The van der Waals surface area contributed by atoms with Gasteiger partial charge in [0.15, 0.2) is 12.5 Å². The van der Waals surface area contributed by atoms with Crippen molar-refractivity contribution in [2.75, 3.05) is 18.5 Å². The number of nitro groups is 1. The van der Waals surface area contributed by atoms with Gasteiger partial charge in [-0.25, -0.2) is 4.79 Å². The molecule has 1 aromatic carbocycles. The minimum absolute atomic E-state index is 0.141. The highest BCUT2D eigenvalue weighted by atomic mass is 16.7. The lowest BCUT2D eigenvalue weighted by atomic mass is 9.96. The Morgan fingerprint density at radius 3 is 2.17 bits per heavy atom. The molecule has 0 amide bonds. The molecule has 35 heavy (non-hydrogen) atoms. The Labute approximate surface area is 196 Å². The van der Waals surface area contributed by atoms with Gasteiger partial charge in [-0.1, -0.05) is 0 Å². The van der Waals surface area contributed by atoms with Crippen molar-refractivity contribution in [3.05, 3.63) is 33.9 Å². The van der Waals surface area contributed by atoms with Crippen molar-refractivity contribution in [2.24, 2.45) is 0 Å². The maximum atomic E-state index is 11.3. The highest BCUT2D eigenvalue weighted by Gasteiger charge is 2.50. The minimum atomic E-state index is -1.83. The van der Waals surface area contributed by atoms with E-state index in [1.807, 2.05) is 0 Å². The van der Waals surface area contributed by atoms with Crippen LogP contribution in [-0.2, 0) is 14.2 Å². The summed E-state index contributed by atoms with van der Waals surface area (Å²) in [7, 11) is 0. The topological polar surface area (TPSA) is 262 Å². The fraction of sp³-hybridized carbons (Fsp3) is 0.632. The van der Waals surface area contributed by atoms with Gasteiger partial charge in [0.05, 0.1) is 23.7 Å². The van der Waals surface area contributed by atoms with Gasteiger partial charge >= 0.3 is 5.97 Å². The van der Waals surface area contributed by atoms with Crippen LogP contribution in [-0.4, -0.2) is 126 Å². The minimum Gasteiger partial charge on any atom is -0.478 e. The lowest BCUT2D eigenvalue weighted by Gasteiger charge is -2.46. The molecule has 10 atom stereocenters. The molecule has 0 bridgehead atoms. The Kier molecular flexibility index (Phi) is 8.54. The third-order valence-corrected chi connectivity index (χ3v) is 5.69. The molecule has 16 nitrogen and oxygen atoms in total. The Morgan fingerprint density at radius 1 is 0.943 bits per heavy atom. The van der Waals surface area contributed by atoms with Crippen molar-refractivity contribution in [1.29, 1.82) is 0 Å². The number of rotatable bonds is 8. The summed E-state index contributed by atoms with van der Waals surface area (Å²) in [5, 5.41) is 92.9. The van der Waals surface area contributed by atoms with Gasteiger partial charge < -0.3 is 60.4 Å². The Morgan fingerprint density at radius 2 is 1.60 bits per heavy atom. The van der Waals surface area contributed by atoms with Gasteiger partial charge in [0, 0.05) is 17.8 Å². The van der Waals surface area contributed by atoms with Gasteiger partial charge in [0.1, 0.15) is 48.8 Å². The number of ether oxygens (including phenoxy) is 3. The zero-order valence-corrected chi connectivity index (χ0v) is 17.9. The van der Waals surface area contributed by atoms with E-state index in [0.717, 1.165) is 18.2 Å². The van der Waals surface area contributed by atoms with Crippen molar-refractivity contribution >= 4 is 17.3 Å². The van der Waals surface area contributed by atoms with E-state index in [2.05, 4.69) is 5.32 Å². The van der Waals surface area contributed by atoms with Crippen LogP contribution in [0.4, 0.5) is 11.4 Å². The number of aliphatic hydroxyl groups excluding tert-OH is 7. The fourth-order valence-electron chi connectivity index (χ4n) is 3.80. The SMILES string of the molecule is O=C(O)c1cc(NC2OC(CO)C(OC3OC(CO)C(O)C(O)C3O)C(O)C2O)cc([N+](=O)[O-])c1. The average molecular weight is 506 g/mol. The van der Waals surface area contributed by atoms with Crippen molar-refractivity contribution < 1.29 is 64.8 Å². The number of nitro benzene ring substituents is 1. The highest BCUT2D eigenvalue weighted by molar-refractivity contribution is 5.90. The molecule has 2 aliphatic rings. The predicted octanol–water partition coefficient (Wildman–Crippen LogP) is -3.67. The van der Waals surface area contributed by atoms with Crippen LogP contribution in [0.5, 0.6) is 0 Å². The van der Waals surface area contributed by atoms with Crippen LogP contribution in [0.2, 0.25) is 0 Å². The van der Waals surface area contributed by atoms with Crippen LogP contribution in [0.1, 0.15) is 10.4 Å². The number of carboxylic acid groups (broad SMARTS) is 1. The van der Waals surface area contributed by atoms with Crippen LogP contribution >= 0.6 is 0 Å². The van der Waals surface area contributed by atoms with Crippen molar-refractivity contribution in [3.8, 4) is 0 Å². The van der Waals surface area contributed by atoms with Crippen LogP contribution in [0, 0.1) is 10.1 Å². The summed E-state index contributed by atoms with van der Waals surface area (Å²) >= 11 is 0. The number of nitrogens with zero attached hydrogens (tertiary/aromatic N) is 1. The van der Waals surface area contributed by atoms with E-state index in [9.17, 15) is 55.8 Å². The summed E-state index contributed by atoms with van der Waals surface area (Å²) in [6.07, 6.45) is -16.3. The molecular weight excluding hydrogens is 480 g/mol. The second kappa shape index (κ2) is 11.0. The van der Waals surface area contributed by atoms with Gasteiger partial charge in [-0.05, 0) is 6.07 Å². The maximum absolute atomic E-state index is 11.3. The summed E-state index contributed by atoms with van der Waals surface area (Å²) in [5.41, 5.74) is -1.14. The summed E-state index contributed by atoms with van der Waals surface area (Å²) in [6.45, 7) is -1.53. The molecule has 10 unspecified atom stereocenters. The molecule has 0 aromatic heterocycles. The first kappa shape index (κ1) is 27.1. The molecule has 16 heteroatoms. The normalized spacial score (nSPS) is 37.6. The molecule has 9 N–H and O–H groups in total. The summed E-state index contributed by atoms with van der Waals surface area (Å²) in [6, 6.07) is 2.82. The highest BCUT2D eigenvalue weighted by Crippen LogP contribution is 2.30. The van der Waals surface area contributed by atoms with Crippen LogP contribution in [0.3, 0.4) is 0 Å². The molecule has 1 aromatic rings. The molecule has 0 saturated carbocycles. The quantitative estimate of drug-likeness (QED) is 0.121. The van der Waals surface area contributed by atoms with Gasteiger partial charge in [0.2, 0.25) is 0 Å². The van der Waals surface area contributed by atoms with E-state index in [-0.39, 0.29) is 5.69 Å². The summed E-state index contributed by atoms with van der Waals surface area (Å²) < 4.78 is 16.1. The van der Waals surface area contributed by atoms with Gasteiger partial charge in [-0.3, -0.25) is 10.1 Å². The number of hydrogen-bond acceptors (Lipinski definition) is 14. The summed E-state index contributed by atoms with van der Waals surface area (Å²) in [5.74, 6) is -1.46. The second-order valence-electron chi connectivity index (χ2n) is 8.03. The van der Waals surface area contributed by atoms with E-state index in [0.29, 0.717) is 0 Å². The fourth-order valence-corrected chi connectivity index (χ4v) is 3.80. The maximum Gasteiger partial charge on any atom is 0.336 e. The molecule has 0 radical (unpaired) electrons. The van der Waals surface area contributed by atoms with E-state index >= 15 is 0 Å². The lowest BCUT2D eigenvalue weighted by molar-refractivity contribution is -0.384. The van der Waals surface area contributed by atoms with Crippen molar-refractivity contribution in [2.45, 2.75) is 61.3 Å². The first-order valence-corrected chi connectivity index (χ1v) is 10.4. The largest absolute Gasteiger partial charge is 0.478 e. The second-order valence-corrected chi connectivity index (χ2v) is 8.03. The number of aliphatic hydroxyl groups is 7. The molecule has 0 aliphatic carbocycles. The van der Waals surface area contributed by atoms with Gasteiger partial charge in [0.25, 0.3) is 5.69 Å². The summed E-state index contributed by atoms with van der Waals surface area (Å²) in [4.78, 5) is 21.6. The third kappa shape index (κ3) is 5.67. The van der Waals surface area contributed by atoms with Crippen LogP contribution < -0.4 is 5.32 Å². The standard InChI is InChI=1S/C19H26N2O14/c22-4-9-11(24)12(25)15(28)19(34-9)35-16-10(5-23)33-17(14(27)13(16)26)20-7-1-6(18(29)30)2-8(3-7)21(31)32/h1-3,9-17,19-20,22-28H,4-5H2,(H,29,30). The molecule has 3 rings (SSSR count). The average Bonchev–Trinajstić information content (AvgIpc) is 2.83. The molecule has 2 heterocycles. The number of aromatic carboxylic acids is 1. The number of hydrogen-bond donors (Lipinski definition) is 9.